The summed E-state index contributed by atoms with van der Waals surface area (Å²) in [5.41, 5.74) is 1.33. The highest BCUT2D eigenvalue weighted by atomic mass is 15.3. The Balaban J connectivity index is 1.32. The average Bonchev–Trinajstić information content (AvgIpc) is 3.37. The lowest BCUT2D eigenvalue weighted by molar-refractivity contribution is 0.353. The molecule has 1 N–H and O–H groups in total. The maximum absolute atomic E-state index is 4.52. The lowest BCUT2D eigenvalue weighted by Crippen LogP contribution is -2.43. The Hall–Kier alpha value is -2.38. The number of aryl methyl sites for hydroxylation is 3. The predicted octanol–water partition coefficient (Wildman–Crippen LogP) is 0.947. The van der Waals surface area contributed by atoms with Gasteiger partial charge in [-0.15, -0.1) is 10.2 Å². The number of guanidine groups is 1. The van der Waals surface area contributed by atoms with Crippen molar-refractivity contribution in [1.82, 2.24) is 34.8 Å². The molecule has 0 amide bonds. The van der Waals surface area contributed by atoms with Crippen LogP contribution in [-0.2, 0) is 20.0 Å². The summed E-state index contributed by atoms with van der Waals surface area (Å²) < 4.78 is 4.14. The van der Waals surface area contributed by atoms with E-state index in [1.54, 1.807) is 0 Å². The lowest BCUT2D eigenvalue weighted by Gasteiger charge is -2.27. The fraction of sp³-hybridized carbons (Fsp3) is 0.667. The van der Waals surface area contributed by atoms with Crippen molar-refractivity contribution in [2.75, 3.05) is 26.7 Å². The highest BCUT2D eigenvalue weighted by Crippen LogP contribution is 2.27. The van der Waals surface area contributed by atoms with E-state index < -0.39 is 0 Å². The van der Waals surface area contributed by atoms with E-state index in [1.165, 1.54) is 5.56 Å². The van der Waals surface area contributed by atoms with Gasteiger partial charge in [0.1, 0.15) is 11.6 Å². The number of hydrogen-bond donors (Lipinski definition) is 1. The lowest BCUT2D eigenvalue weighted by atomic mass is 9.99. The van der Waals surface area contributed by atoms with Gasteiger partial charge in [-0.2, -0.15) is 5.10 Å². The molecule has 2 unspecified atom stereocenters. The molecule has 0 saturated carbocycles. The van der Waals surface area contributed by atoms with Crippen LogP contribution in [0.25, 0.3) is 0 Å². The summed E-state index contributed by atoms with van der Waals surface area (Å²) in [6.45, 7) is 6.02. The normalized spacial score (nSPS) is 23.3. The summed E-state index contributed by atoms with van der Waals surface area (Å²) in [6.07, 6.45) is 7.44. The summed E-state index contributed by atoms with van der Waals surface area (Å²) in [7, 11) is 3.85. The minimum absolute atomic E-state index is 0.541. The molecular formula is C18H28N8. The van der Waals surface area contributed by atoms with Gasteiger partial charge in [0.05, 0.1) is 6.20 Å². The van der Waals surface area contributed by atoms with Crippen molar-refractivity contribution in [2.45, 2.75) is 38.6 Å². The summed E-state index contributed by atoms with van der Waals surface area (Å²) >= 11 is 0. The fourth-order valence-electron chi connectivity index (χ4n) is 4.14. The third-order valence-electron chi connectivity index (χ3n) is 5.67. The van der Waals surface area contributed by atoms with Crippen molar-refractivity contribution in [1.29, 1.82) is 0 Å². The molecule has 1 fully saturated rings. The number of fused-ring (bicyclic) bond motifs is 1. The highest BCUT2D eigenvalue weighted by Gasteiger charge is 2.28. The van der Waals surface area contributed by atoms with Crippen LogP contribution in [0, 0.1) is 12.8 Å². The smallest absolute Gasteiger partial charge is 0.193 e. The van der Waals surface area contributed by atoms with Crippen molar-refractivity contribution < 1.29 is 0 Å². The summed E-state index contributed by atoms with van der Waals surface area (Å²) in [6, 6.07) is 0. The molecule has 0 aromatic carbocycles. The standard InChI is InChI=1S/C18H28N8/c1-13-22-23-17-5-4-14(10-26(13)17)8-20-18(19-2)25-7-6-15(12-25)16-9-21-24(3)11-16/h9,11,14-15H,4-8,10,12H2,1-3H3,(H,19,20). The summed E-state index contributed by atoms with van der Waals surface area (Å²) in [4.78, 5) is 6.89. The van der Waals surface area contributed by atoms with Gasteiger partial charge in [-0.1, -0.05) is 0 Å². The molecule has 8 heteroatoms. The van der Waals surface area contributed by atoms with Gasteiger partial charge in [-0.25, -0.2) is 0 Å². The molecule has 0 aliphatic carbocycles. The molecule has 0 spiro atoms. The van der Waals surface area contributed by atoms with E-state index in [0.29, 0.717) is 11.8 Å². The predicted molar refractivity (Wildman–Crippen MR) is 100 cm³/mol. The Kier molecular flexibility index (Phi) is 4.65. The minimum Gasteiger partial charge on any atom is -0.356 e. The van der Waals surface area contributed by atoms with Crippen molar-refractivity contribution in [2.24, 2.45) is 18.0 Å². The maximum Gasteiger partial charge on any atom is 0.193 e. The quantitative estimate of drug-likeness (QED) is 0.654. The van der Waals surface area contributed by atoms with E-state index in [-0.39, 0.29) is 0 Å². The van der Waals surface area contributed by atoms with Crippen molar-refractivity contribution in [3.63, 3.8) is 0 Å². The van der Waals surface area contributed by atoms with Crippen LogP contribution in [0.2, 0.25) is 0 Å². The molecule has 1 saturated heterocycles. The van der Waals surface area contributed by atoms with Crippen LogP contribution in [0.5, 0.6) is 0 Å². The second-order valence-corrected chi connectivity index (χ2v) is 7.49. The second kappa shape index (κ2) is 7.09. The number of hydrogen-bond acceptors (Lipinski definition) is 4. The zero-order chi connectivity index (χ0) is 18.1. The molecule has 2 aliphatic rings. The monoisotopic (exact) mass is 356 g/mol. The molecule has 2 aliphatic heterocycles. The van der Waals surface area contributed by atoms with Gasteiger partial charge in [0.2, 0.25) is 0 Å². The van der Waals surface area contributed by atoms with Gasteiger partial charge in [-0.05, 0) is 31.2 Å². The van der Waals surface area contributed by atoms with E-state index in [9.17, 15) is 0 Å². The van der Waals surface area contributed by atoms with Crippen molar-refractivity contribution in [3.05, 3.63) is 29.6 Å². The first kappa shape index (κ1) is 17.1. The van der Waals surface area contributed by atoms with Gasteiger partial charge in [0, 0.05) is 58.8 Å². The van der Waals surface area contributed by atoms with Crippen LogP contribution in [0.15, 0.2) is 17.4 Å². The van der Waals surface area contributed by atoms with E-state index in [4.69, 9.17) is 0 Å². The Morgan fingerprint density at radius 3 is 2.96 bits per heavy atom. The number of aliphatic imine (C=N–C) groups is 1. The Morgan fingerprint density at radius 1 is 1.31 bits per heavy atom. The minimum atomic E-state index is 0.541. The summed E-state index contributed by atoms with van der Waals surface area (Å²) in [5, 5.41) is 16.4. The first-order chi connectivity index (χ1) is 12.6. The zero-order valence-electron chi connectivity index (χ0n) is 15.9. The third kappa shape index (κ3) is 3.32. The SMILES string of the molecule is CN=C(NCC1CCc2nnc(C)n2C1)N1CCC(c2cnn(C)c2)C1. The van der Waals surface area contributed by atoms with Crippen LogP contribution in [0.1, 0.15) is 36.0 Å². The van der Waals surface area contributed by atoms with Gasteiger partial charge < -0.3 is 14.8 Å². The molecule has 2 atom stereocenters. The van der Waals surface area contributed by atoms with Gasteiger partial charge in [0.15, 0.2) is 5.96 Å². The topological polar surface area (TPSA) is 76.2 Å². The van der Waals surface area contributed by atoms with Crippen LogP contribution in [0.3, 0.4) is 0 Å². The first-order valence-electron chi connectivity index (χ1n) is 9.47. The third-order valence-corrected chi connectivity index (χ3v) is 5.67. The Morgan fingerprint density at radius 2 is 2.19 bits per heavy atom. The van der Waals surface area contributed by atoms with Crippen LogP contribution in [0.4, 0.5) is 0 Å². The molecule has 0 bridgehead atoms. The highest BCUT2D eigenvalue weighted by molar-refractivity contribution is 5.80. The number of aromatic nitrogens is 5. The zero-order valence-corrected chi connectivity index (χ0v) is 15.9. The molecule has 4 heterocycles. The number of likely N-dealkylation sites (tertiary alicyclic amines) is 1. The Bertz CT molecular complexity index is 789. The first-order valence-corrected chi connectivity index (χ1v) is 9.47. The van der Waals surface area contributed by atoms with Crippen LogP contribution >= 0.6 is 0 Å². The molecule has 8 nitrogen and oxygen atoms in total. The largest absolute Gasteiger partial charge is 0.356 e. The number of nitrogens with zero attached hydrogens (tertiary/aromatic N) is 7. The maximum atomic E-state index is 4.52. The molecule has 0 radical (unpaired) electrons. The van der Waals surface area contributed by atoms with Crippen LogP contribution in [-0.4, -0.2) is 62.1 Å². The Labute approximate surface area is 154 Å². The van der Waals surface area contributed by atoms with Gasteiger partial charge in [0.25, 0.3) is 0 Å². The number of rotatable bonds is 3. The molecule has 2 aromatic heterocycles. The van der Waals surface area contributed by atoms with E-state index >= 15 is 0 Å². The average molecular weight is 356 g/mol. The van der Waals surface area contributed by atoms with E-state index in [2.05, 4.69) is 41.3 Å². The van der Waals surface area contributed by atoms with Gasteiger partial charge >= 0.3 is 0 Å². The van der Waals surface area contributed by atoms with E-state index in [0.717, 1.165) is 63.0 Å². The fourth-order valence-corrected chi connectivity index (χ4v) is 4.14. The molecule has 26 heavy (non-hydrogen) atoms. The van der Waals surface area contributed by atoms with E-state index in [1.807, 2.05) is 31.9 Å². The second-order valence-electron chi connectivity index (χ2n) is 7.49. The van der Waals surface area contributed by atoms with Crippen molar-refractivity contribution in [3.8, 4) is 0 Å². The molecule has 2 aromatic rings. The summed E-state index contributed by atoms with van der Waals surface area (Å²) in [5.74, 6) is 4.29. The molecule has 140 valence electrons. The van der Waals surface area contributed by atoms with Crippen LogP contribution < -0.4 is 5.32 Å². The molecular weight excluding hydrogens is 328 g/mol. The molecule has 4 rings (SSSR count). The van der Waals surface area contributed by atoms with Crippen molar-refractivity contribution >= 4 is 5.96 Å². The van der Waals surface area contributed by atoms with Gasteiger partial charge in [-0.3, -0.25) is 9.67 Å². The number of nitrogens with one attached hydrogen (secondary N) is 1.